The topological polar surface area (TPSA) is 46.5 Å². The van der Waals surface area contributed by atoms with Crippen LogP contribution in [-0.4, -0.2) is 22.6 Å². The molecule has 1 unspecified atom stereocenters. The molecule has 0 fully saturated rings. The lowest BCUT2D eigenvalue weighted by molar-refractivity contribution is -0.146. The molecule has 1 aliphatic rings. The van der Waals surface area contributed by atoms with E-state index in [9.17, 15) is 9.90 Å². The summed E-state index contributed by atoms with van der Waals surface area (Å²) < 4.78 is 5.30. The Morgan fingerprint density at radius 2 is 2.17 bits per heavy atom. The van der Waals surface area contributed by atoms with Crippen LogP contribution in [0.5, 0.6) is 0 Å². The molecule has 3 nitrogen and oxygen atoms in total. The van der Waals surface area contributed by atoms with Gasteiger partial charge in [0.1, 0.15) is 5.60 Å². The molecule has 0 amide bonds. The van der Waals surface area contributed by atoms with Crippen LogP contribution in [0, 0.1) is 0 Å². The Morgan fingerprint density at radius 3 is 2.58 bits per heavy atom. The predicted octanol–water partition coefficient (Wildman–Crippen LogP) is 1.02. The highest BCUT2D eigenvalue weighted by Gasteiger charge is 2.41. The van der Waals surface area contributed by atoms with E-state index < -0.39 is 11.7 Å². The van der Waals surface area contributed by atoms with Gasteiger partial charge in [-0.15, -0.1) is 0 Å². The van der Waals surface area contributed by atoms with E-state index in [-0.39, 0.29) is 5.78 Å². The van der Waals surface area contributed by atoms with Crippen LogP contribution in [-0.2, 0) is 9.53 Å². The summed E-state index contributed by atoms with van der Waals surface area (Å²) in [6, 6.07) is 0. The SMILES string of the molecule is CCC1(CC)OC=CC(=O)C1O. The standard InChI is InChI=1S/C9H14O3/c1-3-9(4-2)8(11)7(10)5-6-12-9/h5-6,8,11H,3-4H2,1-2H3. The molecule has 0 aromatic carbocycles. The van der Waals surface area contributed by atoms with Crippen molar-refractivity contribution in [3.63, 3.8) is 0 Å². The maximum atomic E-state index is 11.1. The van der Waals surface area contributed by atoms with E-state index in [1.54, 1.807) is 0 Å². The van der Waals surface area contributed by atoms with E-state index in [0.717, 1.165) is 0 Å². The number of ether oxygens (including phenoxy) is 1. The fraction of sp³-hybridized carbons (Fsp3) is 0.667. The molecule has 0 spiro atoms. The molecule has 0 aliphatic carbocycles. The normalized spacial score (nSPS) is 26.9. The summed E-state index contributed by atoms with van der Waals surface area (Å²) in [6.07, 6.45) is 2.93. The second-order valence-corrected chi connectivity index (χ2v) is 3.00. The summed E-state index contributed by atoms with van der Waals surface area (Å²) in [6.45, 7) is 3.80. The van der Waals surface area contributed by atoms with Gasteiger partial charge in [0.05, 0.1) is 6.26 Å². The summed E-state index contributed by atoms with van der Waals surface area (Å²) in [4.78, 5) is 11.1. The maximum absolute atomic E-state index is 11.1. The molecule has 12 heavy (non-hydrogen) atoms. The number of carbonyl (C=O) groups excluding carboxylic acids is 1. The third-order valence-electron chi connectivity index (χ3n) is 2.50. The van der Waals surface area contributed by atoms with Gasteiger partial charge in [-0.25, -0.2) is 0 Å². The van der Waals surface area contributed by atoms with Crippen molar-refractivity contribution >= 4 is 5.78 Å². The highest BCUT2D eigenvalue weighted by molar-refractivity contribution is 5.94. The summed E-state index contributed by atoms with van der Waals surface area (Å²) in [5.41, 5.74) is -0.689. The Balaban J connectivity index is 2.90. The van der Waals surface area contributed by atoms with Crippen LogP contribution in [0.15, 0.2) is 12.3 Å². The third-order valence-corrected chi connectivity index (χ3v) is 2.50. The fourth-order valence-electron chi connectivity index (χ4n) is 1.45. The number of aliphatic hydroxyl groups excluding tert-OH is 1. The summed E-state index contributed by atoms with van der Waals surface area (Å²) in [5.74, 6) is -0.259. The van der Waals surface area contributed by atoms with Crippen molar-refractivity contribution in [3.05, 3.63) is 12.3 Å². The Labute approximate surface area is 72.0 Å². The summed E-state index contributed by atoms with van der Waals surface area (Å²) >= 11 is 0. The molecule has 0 saturated heterocycles. The van der Waals surface area contributed by atoms with Crippen LogP contribution in [0.4, 0.5) is 0 Å². The first-order chi connectivity index (χ1) is 5.66. The van der Waals surface area contributed by atoms with E-state index in [1.165, 1.54) is 12.3 Å². The zero-order valence-electron chi connectivity index (χ0n) is 7.41. The molecular weight excluding hydrogens is 156 g/mol. The smallest absolute Gasteiger partial charge is 0.191 e. The van der Waals surface area contributed by atoms with Crippen molar-refractivity contribution in [1.82, 2.24) is 0 Å². The van der Waals surface area contributed by atoms with Gasteiger partial charge in [0.2, 0.25) is 0 Å². The van der Waals surface area contributed by atoms with Crippen LogP contribution >= 0.6 is 0 Å². The van der Waals surface area contributed by atoms with Crippen LogP contribution in [0.2, 0.25) is 0 Å². The van der Waals surface area contributed by atoms with Gasteiger partial charge in [0.15, 0.2) is 11.9 Å². The van der Waals surface area contributed by atoms with Crippen LogP contribution in [0.1, 0.15) is 26.7 Å². The van der Waals surface area contributed by atoms with Crippen molar-refractivity contribution in [1.29, 1.82) is 0 Å². The molecule has 0 radical (unpaired) electrons. The van der Waals surface area contributed by atoms with Gasteiger partial charge in [-0.05, 0) is 12.8 Å². The monoisotopic (exact) mass is 170 g/mol. The molecule has 0 bridgehead atoms. The second-order valence-electron chi connectivity index (χ2n) is 3.00. The molecule has 1 N–H and O–H groups in total. The molecular formula is C9H14O3. The number of carbonyl (C=O) groups is 1. The Hall–Kier alpha value is -0.830. The van der Waals surface area contributed by atoms with Crippen molar-refractivity contribution < 1.29 is 14.6 Å². The molecule has 1 heterocycles. The molecule has 0 aromatic rings. The molecule has 68 valence electrons. The maximum Gasteiger partial charge on any atom is 0.191 e. The summed E-state index contributed by atoms with van der Waals surface area (Å²) in [5, 5.41) is 9.56. The van der Waals surface area contributed by atoms with Gasteiger partial charge in [-0.2, -0.15) is 0 Å². The van der Waals surface area contributed by atoms with Crippen molar-refractivity contribution in [2.24, 2.45) is 0 Å². The number of aliphatic hydroxyl groups is 1. The van der Waals surface area contributed by atoms with Gasteiger partial charge in [-0.3, -0.25) is 4.79 Å². The largest absolute Gasteiger partial charge is 0.492 e. The average Bonchev–Trinajstić information content (AvgIpc) is 2.11. The van der Waals surface area contributed by atoms with Crippen LogP contribution in [0.25, 0.3) is 0 Å². The highest BCUT2D eigenvalue weighted by atomic mass is 16.5. The minimum absolute atomic E-state index is 0.259. The molecule has 1 rings (SSSR count). The quantitative estimate of drug-likeness (QED) is 0.673. The molecule has 3 heteroatoms. The predicted molar refractivity (Wildman–Crippen MR) is 44.6 cm³/mol. The first kappa shape index (κ1) is 9.26. The van der Waals surface area contributed by atoms with E-state index in [0.29, 0.717) is 12.8 Å². The van der Waals surface area contributed by atoms with Crippen molar-refractivity contribution in [2.75, 3.05) is 0 Å². The van der Waals surface area contributed by atoms with E-state index in [4.69, 9.17) is 4.74 Å². The number of hydrogen-bond acceptors (Lipinski definition) is 3. The zero-order valence-corrected chi connectivity index (χ0v) is 7.41. The highest BCUT2D eigenvalue weighted by Crippen LogP contribution is 2.28. The van der Waals surface area contributed by atoms with Gasteiger partial charge in [0, 0.05) is 6.08 Å². The Kier molecular flexibility index (Phi) is 2.52. The lowest BCUT2D eigenvalue weighted by atomic mass is 9.86. The molecule has 0 saturated carbocycles. The van der Waals surface area contributed by atoms with E-state index in [1.807, 2.05) is 13.8 Å². The lowest BCUT2D eigenvalue weighted by Gasteiger charge is -2.36. The second kappa shape index (κ2) is 3.27. The van der Waals surface area contributed by atoms with Gasteiger partial charge in [0.25, 0.3) is 0 Å². The van der Waals surface area contributed by atoms with Gasteiger partial charge in [-0.1, -0.05) is 13.8 Å². The minimum atomic E-state index is -1.00. The number of hydrogen-bond donors (Lipinski definition) is 1. The van der Waals surface area contributed by atoms with E-state index in [2.05, 4.69) is 0 Å². The van der Waals surface area contributed by atoms with Crippen LogP contribution < -0.4 is 0 Å². The fourth-order valence-corrected chi connectivity index (χ4v) is 1.45. The number of rotatable bonds is 2. The van der Waals surface area contributed by atoms with Crippen LogP contribution in [0.3, 0.4) is 0 Å². The van der Waals surface area contributed by atoms with Gasteiger partial charge >= 0.3 is 0 Å². The first-order valence-corrected chi connectivity index (χ1v) is 4.22. The third kappa shape index (κ3) is 1.25. The first-order valence-electron chi connectivity index (χ1n) is 4.22. The lowest BCUT2D eigenvalue weighted by Crippen LogP contribution is -2.49. The molecule has 0 aromatic heterocycles. The van der Waals surface area contributed by atoms with Gasteiger partial charge < -0.3 is 9.84 Å². The molecule has 1 aliphatic heterocycles. The van der Waals surface area contributed by atoms with Crippen molar-refractivity contribution in [2.45, 2.75) is 38.4 Å². The average molecular weight is 170 g/mol. The Bertz CT molecular complexity index is 204. The van der Waals surface area contributed by atoms with Crippen molar-refractivity contribution in [3.8, 4) is 0 Å². The number of ketones is 1. The van der Waals surface area contributed by atoms with E-state index >= 15 is 0 Å². The summed E-state index contributed by atoms with van der Waals surface area (Å²) in [7, 11) is 0. The zero-order chi connectivity index (χ0) is 9.19. The minimum Gasteiger partial charge on any atom is -0.492 e. The Morgan fingerprint density at radius 1 is 1.58 bits per heavy atom. The molecule has 1 atom stereocenters.